The predicted octanol–water partition coefficient (Wildman–Crippen LogP) is 2.71. The number of nitrogens with zero attached hydrogens (tertiary/aromatic N) is 1. The fraction of sp³-hybridized carbons (Fsp3) is 0.353. The highest BCUT2D eigenvalue weighted by Crippen LogP contribution is 2.24. The summed E-state index contributed by atoms with van der Waals surface area (Å²) >= 11 is 0. The van der Waals surface area contributed by atoms with E-state index in [1.165, 1.54) is 12.2 Å². The van der Waals surface area contributed by atoms with Gasteiger partial charge in [0.2, 0.25) is 0 Å². The molecule has 5 nitrogen and oxygen atoms in total. The van der Waals surface area contributed by atoms with Gasteiger partial charge >= 0.3 is 5.97 Å². The van der Waals surface area contributed by atoms with Crippen molar-refractivity contribution in [1.82, 2.24) is 0 Å². The zero-order chi connectivity index (χ0) is 16.1. The summed E-state index contributed by atoms with van der Waals surface area (Å²) in [5.41, 5.74) is 0.482. The molecule has 0 fully saturated rings. The number of ether oxygens (including phenoxy) is 1. The molecule has 2 rings (SSSR count). The minimum atomic E-state index is -0.519. The summed E-state index contributed by atoms with van der Waals surface area (Å²) in [5, 5.41) is 0. The Labute approximate surface area is 129 Å². The lowest BCUT2D eigenvalue weighted by Crippen LogP contribution is -2.31. The first kappa shape index (κ1) is 15.9. The molecule has 0 bridgehead atoms. The minimum absolute atomic E-state index is 0.221. The van der Waals surface area contributed by atoms with Crippen LogP contribution in [0.25, 0.3) is 0 Å². The van der Waals surface area contributed by atoms with E-state index in [1.54, 1.807) is 24.3 Å². The third-order valence-electron chi connectivity index (χ3n) is 3.78. The van der Waals surface area contributed by atoms with Crippen molar-refractivity contribution in [3.05, 3.63) is 42.0 Å². The van der Waals surface area contributed by atoms with Crippen molar-refractivity contribution >= 4 is 23.5 Å². The van der Waals surface area contributed by atoms with Gasteiger partial charge in [0.1, 0.15) is 0 Å². The highest BCUT2D eigenvalue weighted by Gasteiger charge is 2.29. The Balaban J connectivity index is 2.20. The number of amides is 2. The first-order chi connectivity index (χ1) is 10.6. The van der Waals surface area contributed by atoms with Crippen molar-refractivity contribution in [2.75, 3.05) is 11.5 Å². The summed E-state index contributed by atoms with van der Waals surface area (Å²) in [6.07, 6.45) is 4.24. The van der Waals surface area contributed by atoms with Crippen LogP contribution >= 0.6 is 0 Å². The molecular weight excluding hydrogens is 282 g/mol. The average Bonchev–Trinajstić information content (AvgIpc) is 2.87. The van der Waals surface area contributed by atoms with Crippen molar-refractivity contribution in [2.24, 2.45) is 5.92 Å². The lowest BCUT2D eigenvalue weighted by Gasteiger charge is -2.18. The van der Waals surface area contributed by atoms with E-state index in [0.29, 0.717) is 12.5 Å². The second kappa shape index (κ2) is 7.02. The van der Waals surface area contributed by atoms with E-state index in [0.717, 1.165) is 17.7 Å². The number of benzene rings is 1. The van der Waals surface area contributed by atoms with Crippen LogP contribution in [0.15, 0.2) is 36.4 Å². The number of anilines is 1. The molecule has 0 aromatic heterocycles. The molecule has 0 aliphatic carbocycles. The highest BCUT2D eigenvalue weighted by molar-refractivity contribution is 6.29. The zero-order valence-corrected chi connectivity index (χ0v) is 12.7. The van der Waals surface area contributed by atoms with Crippen LogP contribution in [0.2, 0.25) is 0 Å². The number of hydrogen-bond donors (Lipinski definition) is 0. The first-order valence-electron chi connectivity index (χ1n) is 7.40. The normalized spacial score (nSPS) is 14.0. The van der Waals surface area contributed by atoms with Crippen LogP contribution in [-0.4, -0.2) is 24.4 Å². The standard InChI is InChI=1S/C17H19NO4/c1-3-12(4-2)11-22-17(21)13-7-5-6-8-14(13)18-15(19)9-10-16(18)20/h5-10,12H,3-4,11H2,1-2H3. The van der Waals surface area contributed by atoms with Gasteiger partial charge in [0.25, 0.3) is 11.8 Å². The molecule has 116 valence electrons. The molecule has 0 radical (unpaired) electrons. The Morgan fingerprint density at radius 3 is 2.27 bits per heavy atom. The lowest BCUT2D eigenvalue weighted by atomic mass is 10.1. The van der Waals surface area contributed by atoms with Crippen molar-refractivity contribution in [3.8, 4) is 0 Å². The largest absolute Gasteiger partial charge is 0.462 e. The monoisotopic (exact) mass is 301 g/mol. The van der Waals surface area contributed by atoms with E-state index >= 15 is 0 Å². The van der Waals surface area contributed by atoms with Crippen LogP contribution < -0.4 is 4.90 Å². The molecule has 1 heterocycles. The molecule has 1 aromatic rings. The van der Waals surface area contributed by atoms with E-state index in [2.05, 4.69) is 0 Å². The van der Waals surface area contributed by atoms with E-state index in [4.69, 9.17) is 4.74 Å². The van der Waals surface area contributed by atoms with Crippen molar-refractivity contribution < 1.29 is 19.1 Å². The summed E-state index contributed by atoms with van der Waals surface area (Å²) in [6.45, 7) is 4.42. The second-order valence-electron chi connectivity index (χ2n) is 5.14. The topological polar surface area (TPSA) is 63.7 Å². The Morgan fingerprint density at radius 2 is 1.68 bits per heavy atom. The van der Waals surface area contributed by atoms with Gasteiger partial charge in [-0.3, -0.25) is 9.59 Å². The van der Waals surface area contributed by atoms with Gasteiger partial charge in [0, 0.05) is 12.2 Å². The van der Waals surface area contributed by atoms with Gasteiger partial charge in [0.15, 0.2) is 0 Å². The van der Waals surface area contributed by atoms with E-state index < -0.39 is 17.8 Å². The molecule has 1 aromatic carbocycles. The fourth-order valence-electron chi connectivity index (χ4n) is 2.27. The van der Waals surface area contributed by atoms with Gasteiger partial charge in [-0.15, -0.1) is 0 Å². The van der Waals surface area contributed by atoms with Crippen LogP contribution in [0.1, 0.15) is 37.0 Å². The van der Waals surface area contributed by atoms with Gasteiger partial charge in [-0.05, 0) is 18.1 Å². The van der Waals surface area contributed by atoms with Crippen LogP contribution in [0.4, 0.5) is 5.69 Å². The molecule has 0 saturated carbocycles. The quantitative estimate of drug-likeness (QED) is 0.598. The fourth-order valence-corrected chi connectivity index (χ4v) is 2.27. The molecule has 22 heavy (non-hydrogen) atoms. The molecule has 0 N–H and O–H groups in total. The van der Waals surface area contributed by atoms with Gasteiger partial charge in [-0.25, -0.2) is 9.69 Å². The van der Waals surface area contributed by atoms with Gasteiger partial charge < -0.3 is 4.74 Å². The minimum Gasteiger partial charge on any atom is -0.462 e. The molecule has 2 amide bonds. The second-order valence-corrected chi connectivity index (χ2v) is 5.14. The third kappa shape index (κ3) is 3.24. The summed E-state index contributed by atoms with van der Waals surface area (Å²) in [5.74, 6) is -1.11. The summed E-state index contributed by atoms with van der Waals surface area (Å²) in [7, 11) is 0. The smallest absolute Gasteiger partial charge is 0.340 e. The number of carbonyl (C=O) groups excluding carboxylic acids is 3. The number of esters is 1. The highest BCUT2D eigenvalue weighted by atomic mass is 16.5. The van der Waals surface area contributed by atoms with E-state index in [1.807, 2.05) is 13.8 Å². The average molecular weight is 301 g/mol. The molecule has 0 unspecified atom stereocenters. The zero-order valence-electron chi connectivity index (χ0n) is 12.7. The van der Waals surface area contributed by atoms with E-state index in [9.17, 15) is 14.4 Å². The maximum absolute atomic E-state index is 12.3. The van der Waals surface area contributed by atoms with Crippen LogP contribution in [0, 0.1) is 5.92 Å². The van der Waals surface area contributed by atoms with Crippen molar-refractivity contribution in [1.29, 1.82) is 0 Å². The van der Waals surface area contributed by atoms with Gasteiger partial charge in [0.05, 0.1) is 17.9 Å². The SMILES string of the molecule is CCC(CC)COC(=O)c1ccccc1N1C(=O)C=CC1=O. The maximum Gasteiger partial charge on any atom is 0.340 e. The number of rotatable bonds is 6. The molecule has 0 spiro atoms. The molecule has 1 aliphatic rings. The van der Waals surface area contributed by atoms with Crippen molar-refractivity contribution in [3.63, 3.8) is 0 Å². The molecule has 5 heteroatoms. The third-order valence-corrected chi connectivity index (χ3v) is 3.78. The lowest BCUT2D eigenvalue weighted by molar-refractivity contribution is -0.119. The molecule has 0 atom stereocenters. The van der Waals surface area contributed by atoms with Crippen LogP contribution in [-0.2, 0) is 14.3 Å². The molecule has 1 aliphatic heterocycles. The summed E-state index contributed by atoms with van der Waals surface area (Å²) < 4.78 is 5.33. The number of carbonyl (C=O) groups is 3. The summed E-state index contributed by atoms with van der Waals surface area (Å²) in [4.78, 5) is 36.8. The molecule has 0 saturated heterocycles. The maximum atomic E-state index is 12.3. The van der Waals surface area contributed by atoms with Crippen molar-refractivity contribution in [2.45, 2.75) is 26.7 Å². The Hall–Kier alpha value is -2.43. The number of hydrogen-bond acceptors (Lipinski definition) is 4. The number of imide groups is 1. The Morgan fingerprint density at radius 1 is 1.09 bits per heavy atom. The molecular formula is C17H19NO4. The van der Waals surface area contributed by atoms with E-state index in [-0.39, 0.29) is 11.3 Å². The van der Waals surface area contributed by atoms with Gasteiger partial charge in [-0.2, -0.15) is 0 Å². The van der Waals surface area contributed by atoms with Crippen LogP contribution in [0.3, 0.4) is 0 Å². The Kier molecular flexibility index (Phi) is 5.09. The summed E-state index contributed by atoms with van der Waals surface area (Å²) in [6, 6.07) is 6.47. The van der Waals surface area contributed by atoms with Gasteiger partial charge in [-0.1, -0.05) is 38.8 Å². The first-order valence-corrected chi connectivity index (χ1v) is 7.40. The predicted molar refractivity (Wildman–Crippen MR) is 82.4 cm³/mol. The number of para-hydroxylation sites is 1. The Bertz CT molecular complexity index is 599. The van der Waals surface area contributed by atoms with Crippen LogP contribution in [0.5, 0.6) is 0 Å².